The highest BCUT2D eigenvalue weighted by molar-refractivity contribution is 7.81. The van der Waals surface area contributed by atoms with Crippen molar-refractivity contribution in [3.63, 3.8) is 0 Å². The van der Waals surface area contributed by atoms with Crippen LogP contribution in [0.15, 0.2) is 24.5 Å². The van der Waals surface area contributed by atoms with Crippen molar-refractivity contribution in [2.75, 3.05) is 18.5 Å². The molecule has 0 radical (unpaired) electrons. The van der Waals surface area contributed by atoms with Crippen molar-refractivity contribution in [3.05, 3.63) is 52.1 Å². The molecule has 1 atom stereocenters. The highest BCUT2D eigenvalue weighted by atomic mass is 35.5. The molecule has 9 heteroatoms. The van der Waals surface area contributed by atoms with Gasteiger partial charge in [-0.1, -0.05) is 30.7 Å². The van der Waals surface area contributed by atoms with E-state index in [0.717, 1.165) is 23.4 Å². The van der Waals surface area contributed by atoms with Crippen molar-refractivity contribution < 1.29 is 8.39 Å². The van der Waals surface area contributed by atoms with Crippen molar-refractivity contribution in [1.29, 1.82) is 0 Å². The summed E-state index contributed by atoms with van der Waals surface area (Å²) in [5.74, 6) is 0. The number of rotatable bonds is 5. The van der Waals surface area contributed by atoms with Gasteiger partial charge in [0.1, 0.15) is 4.99 Å². The number of hydrogen-bond acceptors (Lipinski definition) is 5. The number of anilines is 1. The average Bonchev–Trinajstić information content (AvgIpc) is 2.62. The minimum atomic E-state index is -1.52. The van der Waals surface area contributed by atoms with Crippen LogP contribution in [0.2, 0.25) is 5.02 Å². The van der Waals surface area contributed by atoms with Gasteiger partial charge in [-0.15, -0.1) is 0 Å². The van der Waals surface area contributed by atoms with Gasteiger partial charge in [0, 0.05) is 36.4 Å². The molecule has 0 aliphatic carbocycles. The van der Waals surface area contributed by atoms with Gasteiger partial charge in [0.05, 0.1) is 17.8 Å². The standard InChI is InChI=1S/C9H12N2S.C8H11ClN2O2S/c1-3-7-4-6(2)11-5-8(7)9(10)12;1-6-4-8(7(9)5-10-6)11(2)14(12)13-3/h4-5H,3H2,1-2H3,(H2,10,12);4-5H,1-3H3. The summed E-state index contributed by atoms with van der Waals surface area (Å²) >= 11 is 9.27. The van der Waals surface area contributed by atoms with Crippen molar-refractivity contribution in [2.24, 2.45) is 5.73 Å². The summed E-state index contributed by atoms with van der Waals surface area (Å²) < 4.78 is 17.4. The molecule has 0 saturated carbocycles. The number of hydrogen-bond donors (Lipinski definition) is 1. The molecule has 2 rings (SSSR count). The Labute approximate surface area is 167 Å². The third-order valence-electron chi connectivity index (χ3n) is 3.45. The van der Waals surface area contributed by atoms with E-state index in [1.165, 1.54) is 23.2 Å². The summed E-state index contributed by atoms with van der Waals surface area (Å²) in [6, 6.07) is 3.77. The third-order valence-corrected chi connectivity index (χ3v) is 4.89. The number of nitrogens with two attached hydrogens (primary N) is 1. The van der Waals surface area contributed by atoms with Gasteiger partial charge < -0.3 is 5.73 Å². The lowest BCUT2D eigenvalue weighted by molar-refractivity contribution is 0.444. The number of thiocarbonyl (C=S) groups is 1. The average molecular weight is 415 g/mol. The SMILES string of the molecule is CCc1cc(C)ncc1C(N)=S.COS(=O)N(C)c1cc(C)ncc1Cl. The molecule has 0 saturated heterocycles. The zero-order valence-corrected chi connectivity index (χ0v) is 17.8. The normalized spacial score (nSPS) is 11.3. The third kappa shape index (κ3) is 6.28. The molecule has 0 aliphatic rings. The molecule has 0 aromatic carbocycles. The first-order chi connectivity index (χ1) is 12.2. The van der Waals surface area contributed by atoms with E-state index in [1.54, 1.807) is 19.3 Å². The summed E-state index contributed by atoms with van der Waals surface area (Å²) in [4.78, 5) is 8.58. The second-order valence-electron chi connectivity index (χ2n) is 5.36. The smallest absolute Gasteiger partial charge is 0.264 e. The highest BCUT2D eigenvalue weighted by Crippen LogP contribution is 2.25. The molecule has 0 aliphatic heterocycles. The molecule has 2 aromatic rings. The Hall–Kier alpha value is -1.61. The fraction of sp³-hybridized carbons (Fsp3) is 0.353. The molecule has 2 N–H and O–H groups in total. The predicted molar refractivity (Wildman–Crippen MR) is 112 cm³/mol. The van der Waals surface area contributed by atoms with E-state index in [1.807, 2.05) is 19.9 Å². The molecule has 2 heterocycles. The van der Waals surface area contributed by atoms with E-state index in [0.29, 0.717) is 15.7 Å². The number of aromatic nitrogens is 2. The maximum absolute atomic E-state index is 11.3. The monoisotopic (exact) mass is 414 g/mol. The van der Waals surface area contributed by atoms with Crippen LogP contribution >= 0.6 is 23.8 Å². The molecule has 0 spiro atoms. The number of aryl methyl sites for hydroxylation is 3. The predicted octanol–water partition coefficient (Wildman–Crippen LogP) is 3.29. The lowest BCUT2D eigenvalue weighted by Crippen LogP contribution is -2.21. The summed E-state index contributed by atoms with van der Waals surface area (Å²) in [6.45, 7) is 5.88. The molecule has 0 amide bonds. The topological polar surface area (TPSA) is 81.3 Å². The van der Waals surface area contributed by atoms with Crippen LogP contribution < -0.4 is 10.0 Å². The highest BCUT2D eigenvalue weighted by Gasteiger charge is 2.12. The van der Waals surface area contributed by atoms with E-state index in [2.05, 4.69) is 21.1 Å². The van der Waals surface area contributed by atoms with Crippen molar-refractivity contribution in [3.8, 4) is 0 Å². The minimum Gasteiger partial charge on any atom is -0.389 e. The van der Waals surface area contributed by atoms with Gasteiger partial charge in [0.2, 0.25) is 0 Å². The zero-order valence-electron chi connectivity index (χ0n) is 15.4. The first kappa shape index (κ1) is 22.4. The van der Waals surface area contributed by atoms with Crippen molar-refractivity contribution in [2.45, 2.75) is 27.2 Å². The second kappa shape index (κ2) is 10.5. The first-order valence-electron chi connectivity index (χ1n) is 7.78. The Kier molecular flexibility index (Phi) is 9.07. The molecule has 6 nitrogen and oxygen atoms in total. The van der Waals surface area contributed by atoms with Crippen LogP contribution in [0, 0.1) is 13.8 Å². The van der Waals surface area contributed by atoms with E-state index in [-0.39, 0.29) is 0 Å². The van der Waals surface area contributed by atoms with E-state index < -0.39 is 11.3 Å². The van der Waals surface area contributed by atoms with Gasteiger partial charge >= 0.3 is 0 Å². The van der Waals surface area contributed by atoms with E-state index in [9.17, 15) is 4.21 Å². The van der Waals surface area contributed by atoms with Crippen LogP contribution in [0.3, 0.4) is 0 Å². The lowest BCUT2D eigenvalue weighted by Gasteiger charge is -2.17. The van der Waals surface area contributed by atoms with Crippen LogP contribution in [-0.4, -0.2) is 33.3 Å². The van der Waals surface area contributed by atoms with E-state index >= 15 is 0 Å². The molecule has 142 valence electrons. The van der Waals surface area contributed by atoms with Gasteiger partial charge in [-0.2, -0.15) is 0 Å². The van der Waals surface area contributed by atoms with Crippen molar-refractivity contribution in [1.82, 2.24) is 9.97 Å². The Bertz CT molecular complexity index is 802. The zero-order chi connectivity index (χ0) is 19.9. The fourth-order valence-electron chi connectivity index (χ4n) is 2.09. The molecule has 1 unspecified atom stereocenters. The molecular weight excluding hydrogens is 392 g/mol. The summed E-state index contributed by atoms with van der Waals surface area (Å²) in [6.07, 6.45) is 4.21. The maximum atomic E-state index is 11.3. The van der Waals surface area contributed by atoms with Gasteiger partial charge in [-0.05, 0) is 38.0 Å². The maximum Gasteiger partial charge on any atom is 0.264 e. The summed E-state index contributed by atoms with van der Waals surface area (Å²) in [5.41, 5.74) is 10.1. The van der Waals surface area contributed by atoms with Crippen LogP contribution in [0.1, 0.15) is 29.4 Å². The Morgan fingerprint density at radius 2 is 1.88 bits per heavy atom. The fourth-order valence-corrected chi connectivity index (χ4v) is 3.09. The number of pyridine rings is 2. The molecule has 2 aromatic heterocycles. The summed E-state index contributed by atoms with van der Waals surface area (Å²) in [5, 5.41) is 0.448. The first-order valence-corrected chi connectivity index (χ1v) is 9.60. The Morgan fingerprint density at radius 3 is 2.42 bits per heavy atom. The molecule has 0 bridgehead atoms. The molecular formula is C17H23ClN4O2S2. The minimum absolute atomic E-state index is 0.430. The van der Waals surface area contributed by atoms with Crippen LogP contribution in [-0.2, 0) is 21.9 Å². The lowest BCUT2D eigenvalue weighted by atomic mass is 10.1. The largest absolute Gasteiger partial charge is 0.389 e. The van der Waals surface area contributed by atoms with E-state index in [4.69, 9.17) is 29.6 Å². The molecule has 26 heavy (non-hydrogen) atoms. The van der Waals surface area contributed by atoms with Gasteiger partial charge in [0.25, 0.3) is 11.3 Å². The van der Waals surface area contributed by atoms with Crippen LogP contribution in [0.25, 0.3) is 0 Å². The number of nitrogens with zero attached hydrogens (tertiary/aromatic N) is 3. The van der Waals surface area contributed by atoms with Crippen molar-refractivity contribution >= 4 is 45.8 Å². The van der Waals surface area contributed by atoms with Gasteiger partial charge in [0.15, 0.2) is 0 Å². The quantitative estimate of drug-likeness (QED) is 0.756. The Morgan fingerprint density at radius 1 is 1.31 bits per heavy atom. The Balaban J connectivity index is 0.000000263. The van der Waals surface area contributed by atoms with Gasteiger partial charge in [-0.25, -0.2) is 4.21 Å². The molecule has 0 fully saturated rings. The summed E-state index contributed by atoms with van der Waals surface area (Å²) in [7, 11) is 3.01. The van der Waals surface area contributed by atoms with Crippen LogP contribution in [0.4, 0.5) is 5.69 Å². The van der Waals surface area contributed by atoms with Gasteiger partial charge in [-0.3, -0.25) is 18.5 Å². The van der Waals surface area contributed by atoms with Crippen LogP contribution in [0.5, 0.6) is 0 Å². The number of halogens is 1. The second-order valence-corrected chi connectivity index (χ2v) is 7.52.